The van der Waals surface area contributed by atoms with Crippen LogP contribution in [-0.4, -0.2) is 30.0 Å². The zero-order valence-electron chi connectivity index (χ0n) is 11.5. The van der Waals surface area contributed by atoms with E-state index < -0.39 is 0 Å². The highest BCUT2D eigenvalue weighted by molar-refractivity contribution is 9.10. The number of hydrogen-bond acceptors (Lipinski definition) is 5. The maximum atomic E-state index is 12.2. The van der Waals surface area contributed by atoms with Gasteiger partial charge in [0, 0.05) is 27.8 Å². The Bertz CT molecular complexity index is 614. The van der Waals surface area contributed by atoms with Crippen LogP contribution < -0.4 is 10.6 Å². The minimum Gasteiger partial charge on any atom is -0.347 e. The summed E-state index contributed by atoms with van der Waals surface area (Å²) in [5.74, 6) is -0.0724. The lowest BCUT2D eigenvalue weighted by Gasteiger charge is -2.23. The Balaban J connectivity index is 0.00000121. The van der Waals surface area contributed by atoms with Crippen molar-refractivity contribution in [3.05, 3.63) is 27.0 Å². The van der Waals surface area contributed by atoms with Gasteiger partial charge in [0.2, 0.25) is 0 Å². The maximum Gasteiger partial charge on any atom is 0.271 e. The lowest BCUT2D eigenvalue weighted by molar-refractivity contribution is 0.0926. The quantitative estimate of drug-likeness (QED) is 0.753. The fourth-order valence-electron chi connectivity index (χ4n) is 2.15. The Morgan fingerprint density at radius 3 is 2.82 bits per heavy atom. The molecule has 4 nitrogen and oxygen atoms in total. The van der Waals surface area contributed by atoms with E-state index in [4.69, 9.17) is 0 Å². The average molecular weight is 445 g/mol. The van der Waals surface area contributed by atoms with E-state index in [0.29, 0.717) is 5.69 Å². The van der Waals surface area contributed by atoms with Gasteiger partial charge >= 0.3 is 0 Å². The number of thiazole rings is 1. The summed E-state index contributed by atoms with van der Waals surface area (Å²) < 4.78 is 1.05. The molecule has 2 aromatic heterocycles. The summed E-state index contributed by atoms with van der Waals surface area (Å²) in [7, 11) is 0. The van der Waals surface area contributed by atoms with E-state index in [-0.39, 0.29) is 36.8 Å². The molecule has 0 aliphatic carbocycles. The second-order valence-corrected chi connectivity index (χ2v) is 7.37. The van der Waals surface area contributed by atoms with Crippen molar-refractivity contribution in [1.29, 1.82) is 0 Å². The molecule has 3 rings (SSSR count). The Labute approximate surface area is 158 Å². The van der Waals surface area contributed by atoms with E-state index in [1.54, 1.807) is 11.3 Å². The van der Waals surface area contributed by atoms with Crippen molar-refractivity contribution in [3.63, 3.8) is 0 Å². The first-order chi connectivity index (χ1) is 9.72. The van der Waals surface area contributed by atoms with Crippen LogP contribution in [0.2, 0.25) is 0 Å². The molecule has 0 saturated carbocycles. The van der Waals surface area contributed by atoms with Gasteiger partial charge in [0.05, 0.1) is 4.88 Å². The average Bonchev–Trinajstić information content (AvgIpc) is 3.08. The number of halogens is 3. The summed E-state index contributed by atoms with van der Waals surface area (Å²) in [6, 6.07) is 2.24. The van der Waals surface area contributed by atoms with Gasteiger partial charge in [0.15, 0.2) is 0 Å². The zero-order chi connectivity index (χ0) is 13.9. The number of nitrogens with zero attached hydrogens (tertiary/aromatic N) is 1. The summed E-state index contributed by atoms with van der Waals surface area (Å²) >= 11 is 6.56. The molecule has 1 aliphatic rings. The fourth-order valence-corrected chi connectivity index (χ4v) is 4.46. The number of rotatable bonds is 3. The first-order valence-corrected chi connectivity index (χ1v) is 8.99. The minimum atomic E-state index is -0.0724. The van der Waals surface area contributed by atoms with Crippen molar-refractivity contribution >= 4 is 69.3 Å². The predicted octanol–water partition coefficient (Wildman–Crippen LogP) is 3.96. The first kappa shape index (κ1) is 19.9. The number of amides is 1. The highest BCUT2D eigenvalue weighted by Gasteiger charge is 2.18. The van der Waals surface area contributed by atoms with Crippen LogP contribution in [0.15, 0.2) is 21.3 Å². The largest absolute Gasteiger partial charge is 0.347 e. The van der Waals surface area contributed by atoms with Crippen LogP contribution >= 0.6 is 63.4 Å². The van der Waals surface area contributed by atoms with E-state index in [1.807, 2.05) is 16.8 Å². The second-order valence-electron chi connectivity index (χ2n) is 4.68. The molecule has 1 fully saturated rings. The standard InChI is InChI=1S/C13H14BrN3OS2.2ClH/c14-8-4-11(19-6-8)13-17-10(7-20-13)12(18)16-9-2-1-3-15-5-9;;/h4,6-7,9,15H,1-3,5H2,(H,16,18);2*1H/t9-;;/m0../s1. The van der Waals surface area contributed by atoms with Crippen LogP contribution in [-0.2, 0) is 0 Å². The molecule has 122 valence electrons. The van der Waals surface area contributed by atoms with Crippen molar-refractivity contribution in [2.45, 2.75) is 18.9 Å². The van der Waals surface area contributed by atoms with E-state index in [1.165, 1.54) is 11.3 Å². The van der Waals surface area contributed by atoms with Crippen molar-refractivity contribution in [3.8, 4) is 9.88 Å². The molecule has 1 atom stereocenters. The van der Waals surface area contributed by atoms with Crippen molar-refractivity contribution in [2.24, 2.45) is 0 Å². The van der Waals surface area contributed by atoms with E-state index in [2.05, 4.69) is 31.5 Å². The number of carbonyl (C=O) groups is 1. The Morgan fingerprint density at radius 2 is 2.18 bits per heavy atom. The van der Waals surface area contributed by atoms with Gasteiger partial charge in [0.25, 0.3) is 5.91 Å². The molecular formula is C13H16BrCl2N3OS2. The van der Waals surface area contributed by atoms with Crippen LogP contribution in [0.1, 0.15) is 23.3 Å². The molecule has 0 spiro atoms. The first-order valence-electron chi connectivity index (χ1n) is 6.44. The van der Waals surface area contributed by atoms with Gasteiger partial charge in [-0.25, -0.2) is 4.98 Å². The number of thiophene rings is 1. The minimum absolute atomic E-state index is 0. The lowest BCUT2D eigenvalue weighted by atomic mass is 10.1. The topological polar surface area (TPSA) is 54.0 Å². The van der Waals surface area contributed by atoms with Crippen LogP contribution in [0.3, 0.4) is 0 Å². The van der Waals surface area contributed by atoms with Crippen LogP contribution in [0.4, 0.5) is 0 Å². The molecule has 2 N–H and O–H groups in total. The summed E-state index contributed by atoms with van der Waals surface area (Å²) in [5.41, 5.74) is 0.514. The normalized spacial score (nSPS) is 17.2. The number of aromatic nitrogens is 1. The van der Waals surface area contributed by atoms with Crippen LogP contribution in [0, 0.1) is 0 Å². The van der Waals surface area contributed by atoms with Gasteiger partial charge in [-0.15, -0.1) is 47.5 Å². The molecule has 1 aliphatic heterocycles. The predicted molar refractivity (Wildman–Crippen MR) is 101 cm³/mol. The molecule has 2 aromatic rings. The van der Waals surface area contributed by atoms with Gasteiger partial charge in [0.1, 0.15) is 10.7 Å². The third kappa shape index (κ3) is 4.91. The molecule has 9 heteroatoms. The Morgan fingerprint density at radius 1 is 1.36 bits per heavy atom. The fraction of sp³-hybridized carbons (Fsp3) is 0.385. The second kappa shape index (κ2) is 9.20. The van der Waals surface area contributed by atoms with Gasteiger partial charge in [-0.05, 0) is 41.4 Å². The number of nitrogens with one attached hydrogen (secondary N) is 2. The highest BCUT2D eigenvalue weighted by Crippen LogP contribution is 2.31. The third-order valence-corrected chi connectivity index (χ3v) is 5.85. The SMILES string of the molecule is Cl.Cl.O=C(N[C@H]1CCCNC1)c1csc(-c2cc(Br)cs2)n1. The van der Waals surface area contributed by atoms with E-state index >= 15 is 0 Å². The lowest BCUT2D eigenvalue weighted by Crippen LogP contribution is -2.45. The molecule has 0 radical (unpaired) electrons. The van der Waals surface area contributed by atoms with Gasteiger partial charge in [-0.2, -0.15) is 0 Å². The monoisotopic (exact) mass is 443 g/mol. The van der Waals surface area contributed by atoms with Crippen molar-refractivity contribution < 1.29 is 4.79 Å². The highest BCUT2D eigenvalue weighted by atomic mass is 79.9. The van der Waals surface area contributed by atoms with E-state index in [9.17, 15) is 4.79 Å². The molecule has 3 heterocycles. The molecular weight excluding hydrogens is 429 g/mol. The summed E-state index contributed by atoms with van der Waals surface area (Å²) in [6.45, 7) is 1.89. The van der Waals surface area contributed by atoms with Crippen LogP contribution in [0.5, 0.6) is 0 Å². The molecule has 0 bridgehead atoms. The van der Waals surface area contributed by atoms with Gasteiger partial charge in [-0.3, -0.25) is 4.79 Å². The third-order valence-electron chi connectivity index (χ3n) is 3.15. The molecule has 0 unspecified atom stereocenters. The molecule has 22 heavy (non-hydrogen) atoms. The summed E-state index contributed by atoms with van der Waals surface area (Å²) in [6.07, 6.45) is 2.14. The number of carbonyl (C=O) groups excluding carboxylic acids is 1. The Hall–Kier alpha value is -0.180. The van der Waals surface area contributed by atoms with Gasteiger partial charge in [-0.1, -0.05) is 0 Å². The van der Waals surface area contributed by atoms with Crippen molar-refractivity contribution in [1.82, 2.24) is 15.6 Å². The maximum absolute atomic E-state index is 12.2. The van der Waals surface area contributed by atoms with Gasteiger partial charge < -0.3 is 10.6 Å². The van der Waals surface area contributed by atoms with Crippen molar-refractivity contribution in [2.75, 3.05) is 13.1 Å². The molecule has 1 amide bonds. The number of hydrogen-bond donors (Lipinski definition) is 2. The zero-order valence-corrected chi connectivity index (χ0v) is 16.4. The molecule has 0 aromatic carbocycles. The van der Waals surface area contributed by atoms with Crippen LogP contribution in [0.25, 0.3) is 9.88 Å². The smallest absolute Gasteiger partial charge is 0.271 e. The number of piperidine rings is 1. The summed E-state index contributed by atoms with van der Waals surface area (Å²) in [5, 5.41) is 11.1. The van der Waals surface area contributed by atoms with E-state index in [0.717, 1.165) is 40.3 Å². The molecule has 1 saturated heterocycles. The Kier molecular flexibility index (Phi) is 8.31. The summed E-state index contributed by atoms with van der Waals surface area (Å²) in [4.78, 5) is 17.7.